The molecule has 7 heteroatoms. The lowest BCUT2D eigenvalue weighted by Crippen LogP contribution is -2.08. The molecule has 124 valence electrons. The molecule has 0 aliphatic heterocycles. The van der Waals surface area contributed by atoms with Gasteiger partial charge < -0.3 is 14.0 Å². The summed E-state index contributed by atoms with van der Waals surface area (Å²) in [7, 11) is 1.63. The number of carbonyl (C=O) groups excluding carboxylic acids is 1. The van der Waals surface area contributed by atoms with Crippen LogP contribution in [0, 0.1) is 6.92 Å². The fourth-order valence-corrected chi connectivity index (χ4v) is 2.92. The summed E-state index contributed by atoms with van der Waals surface area (Å²) in [5.74, 6) is 0.968. The maximum atomic E-state index is 11.9. The lowest BCUT2D eigenvalue weighted by atomic mass is 10.2. The van der Waals surface area contributed by atoms with Crippen molar-refractivity contribution in [2.45, 2.75) is 20.0 Å². The molecule has 0 fully saturated rings. The SMILES string of the molecule is COc1ccc(-c2nc(CC(=O)OCc3cc(C)no3)cs2)cc1. The van der Waals surface area contributed by atoms with E-state index in [0.717, 1.165) is 22.0 Å². The highest BCUT2D eigenvalue weighted by Crippen LogP contribution is 2.26. The van der Waals surface area contributed by atoms with E-state index < -0.39 is 0 Å². The number of methoxy groups -OCH3 is 1. The zero-order chi connectivity index (χ0) is 16.9. The molecule has 0 aliphatic carbocycles. The smallest absolute Gasteiger partial charge is 0.312 e. The number of benzene rings is 1. The molecule has 0 N–H and O–H groups in total. The van der Waals surface area contributed by atoms with E-state index in [2.05, 4.69) is 10.1 Å². The predicted molar refractivity (Wildman–Crippen MR) is 88.8 cm³/mol. The van der Waals surface area contributed by atoms with Crippen LogP contribution >= 0.6 is 11.3 Å². The molecule has 3 aromatic rings. The van der Waals surface area contributed by atoms with Crippen molar-refractivity contribution in [1.29, 1.82) is 0 Å². The van der Waals surface area contributed by atoms with Crippen molar-refractivity contribution >= 4 is 17.3 Å². The molecular weight excluding hydrogens is 328 g/mol. The first-order valence-corrected chi connectivity index (χ1v) is 8.18. The second-order valence-corrected chi connectivity index (χ2v) is 6.00. The first-order valence-electron chi connectivity index (χ1n) is 7.30. The predicted octanol–water partition coefficient (Wildman–Crippen LogP) is 3.40. The maximum Gasteiger partial charge on any atom is 0.312 e. The quantitative estimate of drug-likeness (QED) is 0.638. The number of ether oxygens (including phenoxy) is 2. The van der Waals surface area contributed by atoms with Gasteiger partial charge in [-0.2, -0.15) is 0 Å². The monoisotopic (exact) mass is 344 g/mol. The van der Waals surface area contributed by atoms with Gasteiger partial charge in [0.05, 0.1) is 24.9 Å². The van der Waals surface area contributed by atoms with E-state index in [-0.39, 0.29) is 19.0 Å². The van der Waals surface area contributed by atoms with Crippen molar-refractivity contribution in [3.05, 3.63) is 52.9 Å². The van der Waals surface area contributed by atoms with E-state index >= 15 is 0 Å². The van der Waals surface area contributed by atoms with Crippen LogP contribution in [0.25, 0.3) is 10.6 Å². The summed E-state index contributed by atoms with van der Waals surface area (Å²) in [4.78, 5) is 16.4. The number of aromatic nitrogens is 2. The van der Waals surface area contributed by atoms with E-state index in [9.17, 15) is 4.79 Å². The van der Waals surface area contributed by atoms with E-state index in [1.807, 2.05) is 36.6 Å². The van der Waals surface area contributed by atoms with Gasteiger partial charge in [-0.1, -0.05) is 5.16 Å². The number of esters is 1. The second-order valence-electron chi connectivity index (χ2n) is 5.14. The molecule has 0 saturated heterocycles. The number of rotatable bonds is 6. The van der Waals surface area contributed by atoms with Crippen molar-refractivity contribution < 1.29 is 18.8 Å². The summed E-state index contributed by atoms with van der Waals surface area (Å²) in [6.45, 7) is 1.89. The van der Waals surface area contributed by atoms with Crippen molar-refractivity contribution in [2.75, 3.05) is 7.11 Å². The van der Waals surface area contributed by atoms with Gasteiger partial charge in [-0.15, -0.1) is 11.3 Å². The van der Waals surface area contributed by atoms with E-state index in [0.29, 0.717) is 11.5 Å². The summed E-state index contributed by atoms with van der Waals surface area (Å²) >= 11 is 1.49. The highest BCUT2D eigenvalue weighted by Gasteiger charge is 2.11. The Balaban J connectivity index is 1.57. The molecule has 0 atom stereocenters. The Hall–Kier alpha value is -2.67. The molecule has 0 aliphatic rings. The normalized spacial score (nSPS) is 10.6. The largest absolute Gasteiger partial charge is 0.497 e. The van der Waals surface area contributed by atoms with E-state index in [1.165, 1.54) is 11.3 Å². The number of hydrogen-bond acceptors (Lipinski definition) is 7. The second kappa shape index (κ2) is 7.27. The lowest BCUT2D eigenvalue weighted by molar-refractivity contribution is -0.144. The van der Waals surface area contributed by atoms with Crippen LogP contribution in [0.2, 0.25) is 0 Å². The van der Waals surface area contributed by atoms with Gasteiger partial charge >= 0.3 is 5.97 Å². The van der Waals surface area contributed by atoms with Gasteiger partial charge in [0.25, 0.3) is 0 Å². The standard InChI is InChI=1S/C17H16N2O4S/c1-11-7-15(23-19-11)9-22-16(20)8-13-10-24-17(18-13)12-3-5-14(21-2)6-4-12/h3-7,10H,8-9H2,1-2H3. The van der Waals surface area contributed by atoms with Crippen LogP contribution in [0.4, 0.5) is 0 Å². The van der Waals surface area contributed by atoms with Crippen molar-refractivity contribution in [1.82, 2.24) is 10.1 Å². The van der Waals surface area contributed by atoms with Gasteiger partial charge in [-0.25, -0.2) is 4.98 Å². The van der Waals surface area contributed by atoms with Crippen LogP contribution < -0.4 is 4.74 Å². The van der Waals surface area contributed by atoms with Crippen LogP contribution in [0.1, 0.15) is 17.1 Å². The van der Waals surface area contributed by atoms with Gasteiger partial charge in [0.1, 0.15) is 10.8 Å². The summed E-state index contributed by atoms with van der Waals surface area (Å²) < 4.78 is 15.3. The molecule has 0 amide bonds. The molecule has 0 saturated carbocycles. The number of hydrogen-bond donors (Lipinski definition) is 0. The molecule has 2 aromatic heterocycles. The van der Waals surface area contributed by atoms with Crippen LogP contribution in [0.3, 0.4) is 0 Å². The third kappa shape index (κ3) is 3.99. The average Bonchev–Trinajstić information content (AvgIpc) is 3.22. The van der Waals surface area contributed by atoms with Crippen molar-refractivity contribution in [3.63, 3.8) is 0 Å². The van der Waals surface area contributed by atoms with Crippen LogP contribution in [-0.2, 0) is 22.6 Å². The minimum Gasteiger partial charge on any atom is -0.497 e. The minimum atomic E-state index is -0.351. The Kier molecular flexibility index (Phi) is 4.90. The van der Waals surface area contributed by atoms with Crippen molar-refractivity contribution in [2.24, 2.45) is 0 Å². The third-order valence-corrected chi connectivity index (χ3v) is 4.21. The molecule has 1 aromatic carbocycles. The molecule has 0 unspecified atom stereocenters. The number of nitrogens with zero attached hydrogens (tertiary/aromatic N) is 2. The maximum absolute atomic E-state index is 11.9. The van der Waals surface area contributed by atoms with E-state index in [1.54, 1.807) is 13.2 Å². The molecule has 6 nitrogen and oxygen atoms in total. The summed E-state index contributed by atoms with van der Waals surface area (Å²) in [6, 6.07) is 9.37. The zero-order valence-electron chi connectivity index (χ0n) is 13.3. The summed E-state index contributed by atoms with van der Waals surface area (Å²) in [5, 5.41) is 6.46. The molecule has 0 bridgehead atoms. The fourth-order valence-electron chi connectivity index (χ4n) is 2.09. The first kappa shape index (κ1) is 16.2. The molecule has 3 rings (SSSR count). The Bertz CT molecular complexity index is 823. The molecule has 24 heavy (non-hydrogen) atoms. The number of thiazole rings is 1. The lowest BCUT2D eigenvalue weighted by Gasteiger charge is -2.01. The highest BCUT2D eigenvalue weighted by atomic mass is 32.1. The number of carbonyl (C=O) groups is 1. The fraction of sp³-hybridized carbons (Fsp3) is 0.235. The van der Waals surface area contributed by atoms with Crippen LogP contribution in [-0.4, -0.2) is 23.2 Å². The van der Waals surface area contributed by atoms with Crippen LogP contribution in [0.15, 0.2) is 40.2 Å². The van der Waals surface area contributed by atoms with Gasteiger partial charge in [-0.05, 0) is 31.2 Å². The molecule has 0 spiro atoms. The summed E-state index contributed by atoms with van der Waals surface area (Å²) in [5.41, 5.74) is 2.42. The Morgan fingerprint density at radius 2 is 2.08 bits per heavy atom. The average molecular weight is 344 g/mol. The Morgan fingerprint density at radius 1 is 1.29 bits per heavy atom. The third-order valence-electron chi connectivity index (χ3n) is 3.27. The highest BCUT2D eigenvalue weighted by molar-refractivity contribution is 7.13. The minimum absolute atomic E-state index is 0.0785. The van der Waals surface area contributed by atoms with E-state index in [4.69, 9.17) is 14.0 Å². The Labute approximate surface area is 143 Å². The van der Waals surface area contributed by atoms with Gasteiger partial charge in [0, 0.05) is 17.0 Å². The molecule has 2 heterocycles. The van der Waals surface area contributed by atoms with Gasteiger partial charge in [0.2, 0.25) is 0 Å². The van der Waals surface area contributed by atoms with Gasteiger partial charge in [0.15, 0.2) is 12.4 Å². The molecule has 0 radical (unpaired) electrons. The first-order chi connectivity index (χ1) is 11.6. The van der Waals surface area contributed by atoms with Gasteiger partial charge in [-0.3, -0.25) is 4.79 Å². The number of aryl methyl sites for hydroxylation is 1. The topological polar surface area (TPSA) is 74.5 Å². The van der Waals surface area contributed by atoms with Crippen LogP contribution in [0.5, 0.6) is 5.75 Å². The molecular formula is C17H16N2O4S. The summed E-state index contributed by atoms with van der Waals surface area (Å²) in [6.07, 6.45) is 0.125. The Morgan fingerprint density at radius 3 is 2.75 bits per heavy atom. The van der Waals surface area contributed by atoms with Crippen molar-refractivity contribution in [3.8, 4) is 16.3 Å². The zero-order valence-corrected chi connectivity index (χ0v) is 14.1.